The topological polar surface area (TPSA) is 66.4 Å². The van der Waals surface area contributed by atoms with Crippen molar-refractivity contribution in [2.24, 2.45) is 5.41 Å². The summed E-state index contributed by atoms with van der Waals surface area (Å²) in [6, 6.07) is 6.93. The minimum absolute atomic E-state index is 0.0318. The number of rotatable bonds is 7. The normalized spacial score (nSPS) is 17.5. The molecule has 1 aliphatic carbocycles. The van der Waals surface area contributed by atoms with Crippen LogP contribution in [0.2, 0.25) is 5.02 Å². The summed E-state index contributed by atoms with van der Waals surface area (Å²) in [6.07, 6.45) is 4.12. The average Bonchev–Trinajstić information content (AvgIpc) is 3.17. The van der Waals surface area contributed by atoms with E-state index in [1.807, 2.05) is 0 Å². The van der Waals surface area contributed by atoms with Crippen LogP contribution in [0.15, 0.2) is 29.7 Å². The van der Waals surface area contributed by atoms with Crippen LogP contribution in [0.25, 0.3) is 6.08 Å². The Morgan fingerprint density at radius 3 is 2.50 bits per heavy atom. The standard InChI is InChI=1S/C14H18ClNO3S/c15-13-3-1-12(2-4-13)5-10-20(18,19)16-11-14(6-7-14)8-9-17/h1-5,10,16-17H,6-9,11H2/b10-5+. The monoisotopic (exact) mass is 315 g/mol. The molecule has 0 radical (unpaired) electrons. The van der Waals surface area contributed by atoms with Gasteiger partial charge in [0.1, 0.15) is 0 Å². The van der Waals surface area contributed by atoms with Gasteiger partial charge in [0.25, 0.3) is 0 Å². The summed E-state index contributed by atoms with van der Waals surface area (Å²) in [6.45, 7) is 0.489. The van der Waals surface area contributed by atoms with Crippen molar-refractivity contribution in [2.75, 3.05) is 13.2 Å². The molecule has 2 N–H and O–H groups in total. The minimum Gasteiger partial charge on any atom is -0.396 e. The summed E-state index contributed by atoms with van der Waals surface area (Å²) in [7, 11) is -3.45. The maximum absolute atomic E-state index is 11.9. The predicted octanol–water partition coefficient (Wildman–Crippen LogP) is 2.39. The van der Waals surface area contributed by atoms with Gasteiger partial charge in [0.2, 0.25) is 10.0 Å². The second kappa shape index (κ2) is 6.26. The van der Waals surface area contributed by atoms with Crippen molar-refractivity contribution < 1.29 is 13.5 Å². The summed E-state index contributed by atoms with van der Waals surface area (Å²) in [5.74, 6) is 0. The summed E-state index contributed by atoms with van der Waals surface area (Å²) >= 11 is 5.76. The number of halogens is 1. The Morgan fingerprint density at radius 2 is 1.95 bits per heavy atom. The van der Waals surface area contributed by atoms with Crippen LogP contribution in [-0.2, 0) is 10.0 Å². The Hall–Kier alpha value is -0.880. The van der Waals surface area contributed by atoms with Crippen molar-refractivity contribution in [3.05, 3.63) is 40.3 Å². The fraction of sp³-hybridized carbons (Fsp3) is 0.429. The van der Waals surface area contributed by atoms with Crippen LogP contribution in [0.1, 0.15) is 24.8 Å². The minimum atomic E-state index is -3.45. The number of aliphatic hydroxyl groups is 1. The van der Waals surface area contributed by atoms with E-state index in [-0.39, 0.29) is 12.0 Å². The van der Waals surface area contributed by atoms with E-state index in [2.05, 4.69) is 4.72 Å². The van der Waals surface area contributed by atoms with Gasteiger partial charge in [-0.15, -0.1) is 0 Å². The average molecular weight is 316 g/mol. The van der Waals surface area contributed by atoms with Gasteiger partial charge in [0.15, 0.2) is 0 Å². The quantitative estimate of drug-likeness (QED) is 0.812. The van der Waals surface area contributed by atoms with Crippen LogP contribution < -0.4 is 4.72 Å². The number of benzene rings is 1. The molecule has 4 nitrogen and oxygen atoms in total. The molecule has 1 saturated carbocycles. The maximum Gasteiger partial charge on any atom is 0.233 e. The van der Waals surface area contributed by atoms with Crippen molar-refractivity contribution in [1.29, 1.82) is 0 Å². The molecule has 110 valence electrons. The van der Waals surface area contributed by atoms with Gasteiger partial charge >= 0.3 is 0 Å². The highest BCUT2D eigenvalue weighted by Gasteiger charge is 2.42. The zero-order chi connectivity index (χ0) is 14.6. The van der Waals surface area contributed by atoms with Crippen molar-refractivity contribution >= 4 is 27.7 Å². The molecule has 0 aromatic heterocycles. The molecule has 0 atom stereocenters. The molecule has 6 heteroatoms. The number of hydrogen-bond acceptors (Lipinski definition) is 3. The lowest BCUT2D eigenvalue weighted by atomic mass is 10.0. The lowest BCUT2D eigenvalue weighted by Crippen LogP contribution is -2.29. The van der Waals surface area contributed by atoms with E-state index in [1.54, 1.807) is 24.3 Å². The first kappa shape index (κ1) is 15.5. The summed E-state index contributed by atoms with van der Waals surface area (Å²) in [5, 5.41) is 10.7. The fourth-order valence-corrected chi connectivity index (χ4v) is 3.04. The van der Waals surface area contributed by atoms with Crippen LogP contribution in [0.5, 0.6) is 0 Å². The molecular weight excluding hydrogens is 298 g/mol. The molecule has 2 rings (SSSR count). The number of aliphatic hydroxyl groups excluding tert-OH is 1. The Kier molecular flexibility index (Phi) is 4.86. The second-order valence-electron chi connectivity index (χ2n) is 5.19. The molecule has 1 aliphatic rings. The van der Waals surface area contributed by atoms with Gasteiger partial charge in [-0.1, -0.05) is 23.7 Å². The van der Waals surface area contributed by atoms with E-state index < -0.39 is 10.0 Å². The molecule has 0 saturated heterocycles. The molecule has 0 bridgehead atoms. The van der Waals surface area contributed by atoms with E-state index >= 15 is 0 Å². The fourth-order valence-electron chi connectivity index (χ4n) is 1.97. The highest BCUT2D eigenvalue weighted by molar-refractivity contribution is 7.92. The van der Waals surface area contributed by atoms with Crippen molar-refractivity contribution in [3.8, 4) is 0 Å². The summed E-state index contributed by atoms with van der Waals surface area (Å²) in [4.78, 5) is 0. The van der Waals surface area contributed by atoms with Crippen molar-refractivity contribution in [3.63, 3.8) is 0 Å². The largest absolute Gasteiger partial charge is 0.396 e. The van der Waals surface area contributed by atoms with Gasteiger partial charge in [0.05, 0.1) is 0 Å². The Morgan fingerprint density at radius 1 is 1.30 bits per heavy atom. The highest BCUT2D eigenvalue weighted by atomic mass is 35.5. The third-order valence-electron chi connectivity index (χ3n) is 3.56. The molecule has 20 heavy (non-hydrogen) atoms. The lowest BCUT2D eigenvalue weighted by Gasteiger charge is -2.13. The van der Waals surface area contributed by atoms with Crippen LogP contribution in [0.3, 0.4) is 0 Å². The number of hydrogen-bond donors (Lipinski definition) is 2. The van der Waals surface area contributed by atoms with Gasteiger partial charge in [-0.25, -0.2) is 13.1 Å². The van der Waals surface area contributed by atoms with Crippen LogP contribution >= 0.6 is 11.6 Å². The van der Waals surface area contributed by atoms with Crippen molar-refractivity contribution in [1.82, 2.24) is 4.72 Å². The Balaban J connectivity index is 1.92. The molecule has 0 spiro atoms. The number of nitrogens with one attached hydrogen (secondary N) is 1. The van der Waals surface area contributed by atoms with Gasteiger partial charge in [-0.2, -0.15) is 0 Å². The van der Waals surface area contributed by atoms with E-state index in [0.29, 0.717) is 18.0 Å². The van der Waals surface area contributed by atoms with Gasteiger partial charge in [-0.3, -0.25) is 0 Å². The molecule has 1 aromatic rings. The van der Waals surface area contributed by atoms with E-state index in [1.165, 1.54) is 6.08 Å². The third kappa shape index (κ3) is 4.59. The van der Waals surface area contributed by atoms with E-state index in [9.17, 15) is 8.42 Å². The van der Waals surface area contributed by atoms with Crippen molar-refractivity contribution in [2.45, 2.75) is 19.3 Å². The zero-order valence-corrected chi connectivity index (χ0v) is 12.6. The second-order valence-corrected chi connectivity index (χ2v) is 7.28. The number of sulfonamides is 1. The van der Waals surface area contributed by atoms with Crippen LogP contribution in [0.4, 0.5) is 0 Å². The van der Waals surface area contributed by atoms with Crippen LogP contribution in [-0.4, -0.2) is 26.7 Å². The molecule has 0 heterocycles. The SMILES string of the molecule is O=S(=O)(/C=C/c1ccc(Cl)cc1)NCC1(CCO)CC1. The summed E-state index contributed by atoms with van der Waals surface area (Å²) < 4.78 is 26.3. The summed E-state index contributed by atoms with van der Waals surface area (Å²) in [5.41, 5.74) is 0.743. The smallest absolute Gasteiger partial charge is 0.233 e. The molecule has 1 fully saturated rings. The molecular formula is C14H18ClNO3S. The third-order valence-corrected chi connectivity index (χ3v) is 4.85. The predicted molar refractivity (Wildman–Crippen MR) is 80.8 cm³/mol. The zero-order valence-electron chi connectivity index (χ0n) is 11.0. The molecule has 0 amide bonds. The molecule has 1 aromatic carbocycles. The van der Waals surface area contributed by atoms with Crippen LogP contribution in [0, 0.1) is 5.41 Å². The Labute approximate surface area is 124 Å². The van der Waals surface area contributed by atoms with E-state index in [4.69, 9.17) is 16.7 Å². The lowest BCUT2D eigenvalue weighted by molar-refractivity contribution is 0.249. The molecule has 0 aliphatic heterocycles. The van der Waals surface area contributed by atoms with Gasteiger partial charge in [-0.05, 0) is 48.4 Å². The highest BCUT2D eigenvalue weighted by Crippen LogP contribution is 2.48. The van der Waals surface area contributed by atoms with Gasteiger partial charge in [0, 0.05) is 23.6 Å². The maximum atomic E-state index is 11.9. The first-order valence-corrected chi connectivity index (χ1v) is 8.41. The first-order chi connectivity index (χ1) is 9.45. The molecule has 0 unspecified atom stereocenters. The van der Waals surface area contributed by atoms with Gasteiger partial charge < -0.3 is 5.11 Å². The Bertz CT molecular complexity index is 577. The first-order valence-electron chi connectivity index (χ1n) is 6.49. The van der Waals surface area contributed by atoms with E-state index in [0.717, 1.165) is 23.8 Å².